The lowest BCUT2D eigenvalue weighted by atomic mass is 10.1. The Labute approximate surface area is 202 Å². The Bertz CT molecular complexity index is 1620. The number of rotatable bonds is 5. The van der Waals surface area contributed by atoms with Gasteiger partial charge in [-0.1, -0.05) is 15.9 Å². The number of anilines is 1. The predicted molar refractivity (Wildman–Crippen MR) is 133 cm³/mol. The molecule has 3 aromatic carbocycles. The number of carbonyl (C=O) groups is 1. The van der Waals surface area contributed by atoms with Gasteiger partial charge in [-0.25, -0.2) is 0 Å². The summed E-state index contributed by atoms with van der Waals surface area (Å²) in [5.41, 5.74) is 1.88. The third-order valence-electron chi connectivity index (χ3n) is 5.36. The van der Waals surface area contributed by atoms with E-state index in [-0.39, 0.29) is 11.2 Å². The lowest BCUT2D eigenvalue weighted by Crippen LogP contribution is -2.11. The molecule has 2 aromatic heterocycles. The van der Waals surface area contributed by atoms with Gasteiger partial charge in [0.25, 0.3) is 5.91 Å². The molecule has 5 rings (SSSR count). The molecular weight excluding hydrogens is 502 g/mol. The SMILES string of the molecule is COc1ccc(-c2cc(=O)c3cc(NC(=O)c4cc5cc(Br)ccc5o4)ccc3o2)cc1OC. The highest BCUT2D eigenvalue weighted by Crippen LogP contribution is 2.33. The van der Waals surface area contributed by atoms with Crippen molar-refractivity contribution in [3.63, 3.8) is 0 Å². The van der Waals surface area contributed by atoms with Gasteiger partial charge in [-0.05, 0) is 60.7 Å². The molecular formula is C26H18BrNO6. The number of fused-ring (bicyclic) bond motifs is 2. The zero-order valence-electron chi connectivity index (χ0n) is 18.2. The maximum absolute atomic E-state index is 12.9. The van der Waals surface area contributed by atoms with Crippen LogP contribution in [-0.4, -0.2) is 20.1 Å². The third-order valence-corrected chi connectivity index (χ3v) is 5.85. The first-order valence-corrected chi connectivity index (χ1v) is 11.1. The molecule has 0 atom stereocenters. The number of carbonyl (C=O) groups excluding carboxylic acids is 1. The second-order valence-electron chi connectivity index (χ2n) is 7.50. The summed E-state index contributed by atoms with van der Waals surface area (Å²) in [6.45, 7) is 0. The van der Waals surface area contributed by atoms with Gasteiger partial charge in [0.1, 0.15) is 16.9 Å². The molecule has 0 saturated heterocycles. The predicted octanol–water partition coefficient (Wildman–Crippen LogP) is 6.24. The zero-order chi connectivity index (χ0) is 23.8. The Hall–Kier alpha value is -4.04. The van der Waals surface area contributed by atoms with Crippen molar-refractivity contribution < 1.29 is 23.1 Å². The fourth-order valence-corrected chi connectivity index (χ4v) is 4.06. The summed E-state index contributed by atoms with van der Waals surface area (Å²) in [4.78, 5) is 25.6. The van der Waals surface area contributed by atoms with Gasteiger partial charge in [0.15, 0.2) is 22.7 Å². The second-order valence-corrected chi connectivity index (χ2v) is 8.42. The molecule has 1 N–H and O–H groups in total. The number of amides is 1. The molecule has 1 amide bonds. The van der Waals surface area contributed by atoms with E-state index in [9.17, 15) is 9.59 Å². The van der Waals surface area contributed by atoms with Crippen molar-refractivity contribution in [3.8, 4) is 22.8 Å². The average molecular weight is 520 g/mol. The molecule has 0 radical (unpaired) electrons. The molecule has 0 fully saturated rings. The molecule has 8 heteroatoms. The number of methoxy groups -OCH3 is 2. The van der Waals surface area contributed by atoms with E-state index < -0.39 is 5.91 Å². The van der Waals surface area contributed by atoms with Crippen LogP contribution < -0.4 is 20.2 Å². The maximum atomic E-state index is 12.9. The summed E-state index contributed by atoms with van der Waals surface area (Å²) in [7, 11) is 3.09. The van der Waals surface area contributed by atoms with Crippen LogP contribution in [0.5, 0.6) is 11.5 Å². The highest BCUT2D eigenvalue weighted by Gasteiger charge is 2.15. The van der Waals surface area contributed by atoms with Gasteiger partial charge in [0.2, 0.25) is 0 Å². The molecule has 0 aliphatic heterocycles. The first-order valence-electron chi connectivity index (χ1n) is 10.3. The van der Waals surface area contributed by atoms with Crippen molar-refractivity contribution in [2.45, 2.75) is 0 Å². The van der Waals surface area contributed by atoms with E-state index >= 15 is 0 Å². The van der Waals surface area contributed by atoms with E-state index in [1.54, 1.807) is 55.6 Å². The highest BCUT2D eigenvalue weighted by atomic mass is 79.9. The minimum atomic E-state index is -0.419. The summed E-state index contributed by atoms with van der Waals surface area (Å²) in [5.74, 6) is 1.25. The smallest absolute Gasteiger partial charge is 0.291 e. The van der Waals surface area contributed by atoms with Gasteiger partial charge in [0.05, 0.1) is 19.6 Å². The summed E-state index contributed by atoms with van der Waals surface area (Å²) in [6.07, 6.45) is 0. The molecule has 0 aliphatic carbocycles. The number of ether oxygens (including phenoxy) is 2. The van der Waals surface area contributed by atoms with Crippen LogP contribution in [0.25, 0.3) is 33.3 Å². The number of benzene rings is 3. The van der Waals surface area contributed by atoms with Crippen molar-refractivity contribution in [1.29, 1.82) is 0 Å². The van der Waals surface area contributed by atoms with Gasteiger partial charge in [-0.3, -0.25) is 9.59 Å². The maximum Gasteiger partial charge on any atom is 0.291 e. The lowest BCUT2D eigenvalue weighted by Gasteiger charge is -2.10. The van der Waals surface area contributed by atoms with Crippen molar-refractivity contribution in [1.82, 2.24) is 0 Å². The van der Waals surface area contributed by atoms with Gasteiger partial charge < -0.3 is 23.6 Å². The van der Waals surface area contributed by atoms with Crippen LogP contribution in [0.2, 0.25) is 0 Å². The van der Waals surface area contributed by atoms with E-state index in [4.69, 9.17) is 18.3 Å². The summed E-state index contributed by atoms with van der Waals surface area (Å²) in [5, 5.41) is 3.92. The van der Waals surface area contributed by atoms with Crippen LogP contribution in [0.4, 0.5) is 5.69 Å². The molecule has 2 heterocycles. The largest absolute Gasteiger partial charge is 0.493 e. The van der Waals surface area contributed by atoms with E-state index in [1.165, 1.54) is 13.2 Å². The topological polar surface area (TPSA) is 90.9 Å². The summed E-state index contributed by atoms with van der Waals surface area (Å²) >= 11 is 3.40. The van der Waals surface area contributed by atoms with Crippen molar-refractivity contribution in [3.05, 3.63) is 87.2 Å². The number of hydrogen-bond donors (Lipinski definition) is 1. The molecule has 0 aliphatic rings. The van der Waals surface area contributed by atoms with Crippen molar-refractivity contribution >= 4 is 49.5 Å². The monoisotopic (exact) mass is 519 g/mol. The second kappa shape index (κ2) is 8.72. The number of halogens is 1. The first-order chi connectivity index (χ1) is 16.4. The van der Waals surface area contributed by atoms with Crippen LogP contribution in [-0.2, 0) is 0 Å². The number of furan rings is 1. The zero-order valence-corrected chi connectivity index (χ0v) is 19.8. The molecule has 0 unspecified atom stereocenters. The Kier molecular flexibility index (Phi) is 5.59. The summed E-state index contributed by atoms with van der Waals surface area (Å²) in [6, 6.07) is 18.7. The molecule has 0 saturated carbocycles. The van der Waals surface area contributed by atoms with Crippen LogP contribution >= 0.6 is 15.9 Å². The first kappa shape index (κ1) is 21.8. The van der Waals surface area contributed by atoms with Crippen molar-refractivity contribution in [2.75, 3.05) is 19.5 Å². The standard InChI is InChI=1S/C26H18BrNO6/c1-31-22-6-3-14(10-24(22)32-2)23-13-19(29)18-12-17(5-8-21(18)34-23)28-26(30)25-11-15-9-16(27)4-7-20(15)33-25/h3-13H,1-2H3,(H,28,30). The molecule has 170 valence electrons. The van der Waals surface area contributed by atoms with Crippen LogP contribution in [0, 0.1) is 0 Å². The Morgan fingerprint density at radius 3 is 2.44 bits per heavy atom. The van der Waals surface area contributed by atoms with E-state index in [2.05, 4.69) is 21.2 Å². The van der Waals surface area contributed by atoms with Crippen LogP contribution in [0.1, 0.15) is 10.6 Å². The fourth-order valence-electron chi connectivity index (χ4n) is 3.68. The van der Waals surface area contributed by atoms with Crippen LogP contribution in [0.3, 0.4) is 0 Å². The molecule has 34 heavy (non-hydrogen) atoms. The third kappa shape index (κ3) is 4.04. The van der Waals surface area contributed by atoms with Gasteiger partial charge in [-0.2, -0.15) is 0 Å². The Balaban J connectivity index is 1.45. The number of hydrogen-bond acceptors (Lipinski definition) is 6. The normalized spacial score (nSPS) is 11.0. The minimum absolute atomic E-state index is 0.170. The molecule has 0 spiro atoms. The summed E-state index contributed by atoms with van der Waals surface area (Å²) < 4.78 is 23.1. The van der Waals surface area contributed by atoms with Gasteiger partial charge in [-0.15, -0.1) is 0 Å². The van der Waals surface area contributed by atoms with Crippen molar-refractivity contribution in [2.24, 2.45) is 0 Å². The van der Waals surface area contributed by atoms with E-state index in [0.717, 1.165) is 9.86 Å². The Morgan fingerprint density at radius 2 is 1.65 bits per heavy atom. The fraction of sp³-hybridized carbons (Fsp3) is 0.0769. The Morgan fingerprint density at radius 1 is 0.853 bits per heavy atom. The average Bonchev–Trinajstić information content (AvgIpc) is 3.27. The van der Waals surface area contributed by atoms with Crippen LogP contribution in [0.15, 0.2) is 84.8 Å². The van der Waals surface area contributed by atoms with Gasteiger partial charge >= 0.3 is 0 Å². The molecule has 0 bridgehead atoms. The van der Waals surface area contributed by atoms with E-state index in [1.807, 2.05) is 12.1 Å². The molecule has 5 aromatic rings. The van der Waals surface area contributed by atoms with Gasteiger partial charge in [0, 0.05) is 27.2 Å². The quantitative estimate of drug-likeness (QED) is 0.295. The lowest BCUT2D eigenvalue weighted by molar-refractivity contribution is 0.0998. The number of nitrogens with one attached hydrogen (secondary N) is 1. The minimum Gasteiger partial charge on any atom is -0.493 e. The highest BCUT2D eigenvalue weighted by molar-refractivity contribution is 9.10. The van der Waals surface area contributed by atoms with E-state index in [0.29, 0.717) is 45.1 Å². The molecule has 7 nitrogen and oxygen atoms in total.